The van der Waals surface area contributed by atoms with Gasteiger partial charge in [-0.2, -0.15) is 0 Å². The van der Waals surface area contributed by atoms with Crippen LogP contribution in [0.5, 0.6) is 0 Å². The van der Waals surface area contributed by atoms with Crippen LogP contribution in [0, 0.1) is 28.7 Å². The van der Waals surface area contributed by atoms with Gasteiger partial charge in [0, 0.05) is 0 Å². The normalized spacial score (nSPS) is 11.2. The molecule has 0 aromatic heterocycles. The highest BCUT2D eigenvalue weighted by molar-refractivity contribution is 7.92. The van der Waals surface area contributed by atoms with E-state index < -0.39 is 37.2 Å². The van der Waals surface area contributed by atoms with Crippen molar-refractivity contribution < 1.29 is 22.1 Å². The third-order valence-corrected chi connectivity index (χ3v) is 4.19. The second kappa shape index (κ2) is 5.68. The van der Waals surface area contributed by atoms with Crippen molar-refractivity contribution in [3.63, 3.8) is 0 Å². The molecule has 1 N–H and O–H groups in total. The van der Waals surface area contributed by atoms with Gasteiger partial charge in [-0.3, -0.25) is 14.8 Å². The molecule has 116 valence electrons. The maximum Gasteiger partial charge on any atom is 0.292 e. The van der Waals surface area contributed by atoms with Gasteiger partial charge in [-0.25, -0.2) is 17.2 Å². The van der Waals surface area contributed by atoms with Gasteiger partial charge in [-0.1, -0.05) is 6.07 Å². The Morgan fingerprint density at radius 3 is 2.45 bits per heavy atom. The molecule has 0 saturated carbocycles. The Morgan fingerprint density at radius 1 is 1.14 bits per heavy atom. The van der Waals surface area contributed by atoms with Crippen LogP contribution in [0.1, 0.15) is 5.56 Å². The fraction of sp³-hybridized carbons (Fsp3) is 0.0769. The van der Waals surface area contributed by atoms with E-state index in [1.807, 2.05) is 4.72 Å². The van der Waals surface area contributed by atoms with Crippen LogP contribution in [0.3, 0.4) is 0 Å². The minimum atomic E-state index is -4.44. The Kier molecular flexibility index (Phi) is 4.09. The van der Waals surface area contributed by atoms with Crippen molar-refractivity contribution in [1.82, 2.24) is 0 Å². The molecule has 0 saturated heterocycles. The number of aryl methyl sites for hydroxylation is 1. The molecule has 0 amide bonds. The second-order valence-corrected chi connectivity index (χ2v) is 6.11. The summed E-state index contributed by atoms with van der Waals surface area (Å²) in [6.07, 6.45) is 0. The van der Waals surface area contributed by atoms with E-state index in [0.29, 0.717) is 11.6 Å². The molecule has 6 nitrogen and oxygen atoms in total. The summed E-state index contributed by atoms with van der Waals surface area (Å²) in [5.41, 5.74) is -0.688. The van der Waals surface area contributed by atoms with Crippen LogP contribution in [0.2, 0.25) is 0 Å². The van der Waals surface area contributed by atoms with Gasteiger partial charge in [0.25, 0.3) is 15.7 Å². The fourth-order valence-electron chi connectivity index (χ4n) is 1.78. The number of anilines is 1. The van der Waals surface area contributed by atoms with E-state index in [1.165, 1.54) is 12.1 Å². The number of nitrogens with one attached hydrogen (secondary N) is 1. The monoisotopic (exact) mass is 328 g/mol. The highest BCUT2D eigenvalue weighted by Gasteiger charge is 2.27. The number of hydrogen-bond donors (Lipinski definition) is 1. The molecular weight excluding hydrogens is 318 g/mol. The Morgan fingerprint density at radius 2 is 1.82 bits per heavy atom. The number of nitro groups is 1. The molecule has 0 aliphatic heterocycles. The molecule has 2 rings (SSSR count). The Balaban J connectivity index is 2.52. The summed E-state index contributed by atoms with van der Waals surface area (Å²) in [5.74, 6) is -1.79. The first-order chi connectivity index (χ1) is 10.2. The van der Waals surface area contributed by atoms with E-state index in [0.717, 1.165) is 18.2 Å². The van der Waals surface area contributed by atoms with Crippen molar-refractivity contribution >= 4 is 21.4 Å². The minimum absolute atomic E-state index is 0.348. The summed E-state index contributed by atoms with van der Waals surface area (Å²) in [5, 5.41) is 10.9. The predicted molar refractivity (Wildman–Crippen MR) is 75.0 cm³/mol. The van der Waals surface area contributed by atoms with E-state index in [4.69, 9.17) is 0 Å². The lowest BCUT2D eigenvalue weighted by atomic mass is 10.2. The van der Waals surface area contributed by atoms with Crippen LogP contribution in [0.15, 0.2) is 41.3 Å². The quantitative estimate of drug-likeness (QED) is 0.690. The molecule has 9 heteroatoms. The number of halogens is 2. The number of benzene rings is 2. The molecule has 0 heterocycles. The average molecular weight is 328 g/mol. The summed E-state index contributed by atoms with van der Waals surface area (Å²) in [7, 11) is -4.44. The largest absolute Gasteiger partial charge is 0.292 e. The van der Waals surface area contributed by atoms with Gasteiger partial charge in [0.05, 0.1) is 16.7 Å². The molecule has 0 fully saturated rings. The molecular formula is C13H10F2N2O4S. The van der Waals surface area contributed by atoms with Crippen molar-refractivity contribution in [1.29, 1.82) is 0 Å². The van der Waals surface area contributed by atoms with Gasteiger partial charge in [0.1, 0.15) is 11.6 Å². The van der Waals surface area contributed by atoms with Gasteiger partial charge < -0.3 is 0 Å². The number of rotatable bonds is 4. The molecule has 0 atom stereocenters. The summed E-state index contributed by atoms with van der Waals surface area (Å²) in [4.78, 5) is 9.09. The van der Waals surface area contributed by atoms with Crippen LogP contribution >= 0.6 is 0 Å². The first kappa shape index (κ1) is 15.8. The van der Waals surface area contributed by atoms with Crippen molar-refractivity contribution in [3.8, 4) is 0 Å². The number of nitro benzene ring substituents is 1. The van der Waals surface area contributed by atoms with Gasteiger partial charge >= 0.3 is 0 Å². The molecule has 2 aromatic carbocycles. The molecule has 0 spiro atoms. The maximum atomic E-state index is 13.6. The van der Waals surface area contributed by atoms with Crippen LogP contribution in [-0.2, 0) is 10.0 Å². The Bertz CT molecular complexity index is 853. The van der Waals surface area contributed by atoms with Gasteiger partial charge in [-0.15, -0.1) is 0 Å². The molecule has 22 heavy (non-hydrogen) atoms. The van der Waals surface area contributed by atoms with Crippen LogP contribution in [0.25, 0.3) is 0 Å². The average Bonchev–Trinajstić information content (AvgIpc) is 2.42. The standard InChI is InChI=1S/C13H10F2N2O4S/c1-8-2-4-10(15)11(6-8)16-22(20,21)13-5-3-9(14)7-12(13)17(18)19/h2-7,16H,1H3. The van der Waals surface area contributed by atoms with Crippen LogP contribution in [-0.4, -0.2) is 13.3 Å². The first-order valence-corrected chi connectivity index (χ1v) is 7.42. The zero-order valence-electron chi connectivity index (χ0n) is 11.2. The Hall–Kier alpha value is -2.55. The highest BCUT2D eigenvalue weighted by Crippen LogP contribution is 2.27. The molecule has 0 aliphatic carbocycles. The van der Waals surface area contributed by atoms with E-state index in [1.54, 1.807) is 6.92 Å². The lowest BCUT2D eigenvalue weighted by Gasteiger charge is -2.10. The molecule has 0 bridgehead atoms. The minimum Gasteiger partial charge on any atom is -0.276 e. The van der Waals surface area contributed by atoms with E-state index in [2.05, 4.69) is 0 Å². The summed E-state index contributed by atoms with van der Waals surface area (Å²) < 4.78 is 53.0. The molecule has 0 radical (unpaired) electrons. The van der Waals surface area contributed by atoms with Gasteiger partial charge in [0.2, 0.25) is 0 Å². The van der Waals surface area contributed by atoms with Crippen LogP contribution < -0.4 is 4.72 Å². The van der Waals surface area contributed by atoms with Crippen LogP contribution in [0.4, 0.5) is 20.2 Å². The van der Waals surface area contributed by atoms with Crippen molar-refractivity contribution in [2.45, 2.75) is 11.8 Å². The van der Waals surface area contributed by atoms with E-state index in [-0.39, 0.29) is 5.69 Å². The van der Waals surface area contributed by atoms with Crippen molar-refractivity contribution in [3.05, 3.63) is 63.7 Å². The fourth-order valence-corrected chi connectivity index (χ4v) is 2.99. The zero-order chi connectivity index (χ0) is 16.5. The maximum absolute atomic E-state index is 13.6. The number of nitrogens with zero attached hydrogens (tertiary/aromatic N) is 1. The van der Waals surface area contributed by atoms with E-state index in [9.17, 15) is 27.3 Å². The number of hydrogen-bond acceptors (Lipinski definition) is 4. The Labute approximate surface area is 124 Å². The predicted octanol–water partition coefficient (Wildman–Crippen LogP) is 2.98. The second-order valence-electron chi connectivity index (χ2n) is 4.46. The summed E-state index contributed by atoms with van der Waals surface area (Å²) in [6.45, 7) is 1.62. The first-order valence-electron chi connectivity index (χ1n) is 5.93. The highest BCUT2D eigenvalue weighted by atomic mass is 32.2. The topological polar surface area (TPSA) is 89.3 Å². The van der Waals surface area contributed by atoms with E-state index >= 15 is 0 Å². The third-order valence-electron chi connectivity index (χ3n) is 2.77. The SMILES string of the molecule is Cc1ccc(F)c(NS(=O)(=O)c2ccc(F)cc2[N+](=O)[O-])c1. The molecule has 0 aliphatic rings. The van der Waals surface area contributed by atoms with Crippen molar-refractivity contribution in [2.24, 2.45) is 0 Å². The summed E-state index contributed by atoms with van der Waals surface area (Å²) >= 11 is 0. The lowest BCUT2D eigenvalue weighted by Crippen LogP contribution is -2.16. The molecule has 0 unspecified atom stereocenters. The van der Waals surface area contributed by atoms with Gasteiger partial charge in [0.15, 0.2) is 4.90 Å². The summed E-state index contributed by atoms with van der Waals surface area (Å²) in [6, 6.07) is 5.75. The lowest BCUT2D eigenvalue weighted by molar-refractivity contribution is -0.388. The van der Waals surface area contributed by atoms with Gasteiger partial charge in [-0.05, 0) is 36.8 Å². The molecule has 2 aromatic rings. The zero-order valence-corrected chi connectivity index (χ0v) is 12.0. The smallest absolute Gasteiger partial charge is 0.276 e. The number of sulfonamides is 1. The van der Waals surface area contributed by atoms with Crippen molar-refractivity contribution in [2.75, 3.05) is 4.72 Å². The third kappa shape index (κ3) is 3.19.